The fourth-order valence-corrected chi connectivity index (χ4v) is 5.70. The van der Waals surface area contributed by atoms with Gasteiger partial charge in [0.1, 0.15) is 5.75 Å². The number of methoxy groups -OCH3 is 1. The van der Waals surface area contributed by atoms with Crippen molar-refractivity contribution in [2.24, 2.45) is 0 Å². The summed E-state index contributed by atoms with van der Waals surface area (Å²) in [6.07, 6.45) is 4.78. The molecule has 1 fully saturated rings. The second kappa shape index (κ2) is 8.72. The number of aromatic amines is 1. The number of fused-ring (bicyclic) bond motifs is 1. The zero-order valence-electron chi connectivity index (χ0n) is 17.8. The molecular weight excluding hydrogens is 414 g/mol. The number of nitrogens with one attached hydrogen (secondary N) is 2. The fourth-order valence-electron chi connectivity index (χ4n) is 4.16. The SMILES string of the molecule is COc1ccc(S(=O)(=O)N2CCCCC2)cc1NC(=O)Cc1c[nH]c2cccc(C)c12. The van der Waals surface area contributed by atoms with Crippen LogP contribution in [0.4, 0.5) is 5.69 Å². The maximum absolute atomic E-state index is 13.0. The van der Waals surface area contributed by atoms with Crippen LogP contribution in [-0.2, 0) is 21.2 Å². The van der Waals surface area contributed by atoms with Crippen LogP contribution in [0.25, 0.3) is 10.9 Å². The van der Waals surface area contributed by atoms with Gasteiger partial charge < -0.3 is 15.0 Å². The maximum atomic E-state index is 13.0. The Morgan fingerprint density at radius 3 is 2.68 bits per heavy atom. The van der Waals surface area contributed by atoms with Crippen LogP contribution in [0, 0.1) is 6.92 Å². The lowest BCUT2D eigenvalue weighted by Gasteiger charge is -2.26. The van der Waals surface area contributed by atoms with Crippen LogP contribution in [-0.4, -0.2) is 43.8 Å². The van der Waals surface area contributed by atoms with Crippen molar-refractivity contribution >= 4 is 32.5 Å². The van der Waals surface area contributed by atoms with E-state index < -0.39 is 10.0 Å². The van der Waals surface area contributed by atoms with E-state index in [4.69, 9.17) is 4.74 Å². The Morgan fingerprint density at radius 1 is 1.16 bits per heavy atom. The molecular formula is C23H27N3O4S. The average Bonchev–Trinajstić information content (AvgIpc) is 3.18. The minimum absolute atomic E-state index is 0.161. The molecule has 2 heterocycles. The molecule has 0 unspecified atom stereocenters. The summed E-state index contributed by atoms with van der Waals surface area (Å²) >= 11 is 0. The van der Waals surface area contributed by atoms with Crippen LogP contribution in [0.3, 0.4) is 0 Å². The van der Waals surface area contributed by atoms with Gasteiger partial charge in [0.15, 0.2) is 0 Å². The number of amides is 1. The van der Waals surface area contributed by atoms with E-state index in [1.807, 2.05) is 31.3 Å². The number of aryl methyl sites for hydroxylation is 1. The normalized spacial score (nSPS) is 15.2. The summed E-state index contributed by atoms with van der Waals surface area (Å²) in [5.41, 5.74) is 3.31. The van der Waals surface area contributed by atoms with Gasteiger partial charge in [0.25, 0.3) is 0 Å². The summed E-state index contributed by atoms with van der Waals surface area (Å²) in [6, 6.07) is 10.6. The van der Waals surface area contributed by atoms with Crippen LogP contribution in [0.2, 0.25) is 0 Å². The Balaban J connectivity index is 1.58. The Kier molecular flexibility index (Phi) is 6.02. The van der Waals surface area contributed by atoms with E-state index in [0.29, 0.717) is 24.5 Å². The summed E-state index contributed by atoms with van der Waals surface area (Å²) in [4.78, 5) is 16.2. The highest BCUT2D eigenvalue weighted by molar-refractivity contribution is 7.89. The number of anilines is 1. The highest BCUT2D eigenvalue weighted by Gasteiger charge is 2.27. The topological polar surface area (TPSA) is 91.5 Å². The molecule has 2 aromatic carbocycles. The quantitative estimate of drug-likeness (QED) is 0.608. The third-order valence-corrected chi connectivity index (χ3v) is 7.64. The number of ether oxygens (including phenoxy) is 1. The first-order chi connectivity index (χ1) is 14.9. The van der Waals surface area contributed by atoms with Gasteiger partial charge in [-0.05, 0) is 55.2 Å². The minimum Gasteiger partial charge on any atom is -0.495 e. The lowest BCUT2D eigenvalue weighted by Crippen LogP contribution is -2.35. The molecule has 2 N–H and O–H groups in total. The van der Waals surface area contributed by atoms with Crippen molar-refractivity contribution < 1.29 is 17.9 Å². The molecule has 3 aromatic rings. The maximum Gasteiger partial charge on any atom is 0.243 e. The molecule has 7 nitrogen and oxygen atoms in total. The van der Waals surface area contributed by atoms with Crippen molar-refractivity contribution in [3.05, 3.63) is 53.7 Å². The van der Waals surface area contributed by atoms with E-state index in [-0.39, 0.29) is 17.2 Å². The van der Waals surface area contributed by atoms with Gasteiger partial charge in [-0.2, -0.15) is 4.31 Å². The molecule has 1 aliphatic heterocycles. The number of hydrogen-bond donors (Lipinski definition) is 2. The van der Waals surface area contributed by atoms with E-state index in [1.54, 1.807) is 6.07 Å². The molecule has 8 heteroatoms. The molecule has 0 radical (unpaired) electrons. The number of benzene rings is 2. The molecule has 1 aromatic heterocycles. The average molecular weight is 442 g/mol. The molecule has 1 amide bonds. The van der Waals surface area contributed by atoms with Crippen molar-refractivity contribution in [3.8, 4) is 5.75 Å². The number of hydrogen-bond acceptors (Lipinski definition) is 4. The number of rotatable bonds is 6. The Bertz CT molecular complexity index is 1210. The number of H-pyrrole nitrogens is 1. The molecule has 0 saturated carbocycles. The van der Waals surface area contributed by atoms with Crippen LogP contribution < -0.4 is 10.1 Å². The Morgan fingerprint density at radius 2 is 1.94 bits per heavy atom. The molecule has 1 saturated heterocycles. The van der Waals surface area contributed by atoms with E-state index in [0.717, 1.165) is 41.3 Å². The van der Waals surface area contributed by atoms with Crippen molar-refractivity contribution in [2.45, 2.75) is 37.5 Å². The number of sulfonamides is 1. The first-order valence-corrected chi connectivity index (χ1v) is 11.9. The molecule has 0 bridgehead atoms. The molecule has 0 atom stereocenters. The second-order valence-electron chi connectivity index (χ2n) is 7.86. The van der Waals surface area contributed by atoms with Gasteiger partial charge in [0.05, 0.1) is 24.1 Å². The van der Waals surface area contributed by atoms with Crippen LogP contribution in [0.5, 0.6) is 5.75 Å². The summed E-state index contributed by atoms with van der Waals surface area (Å²) in [5, 5.41) is 3.87. The number of piperidine rings is 1. The van der Waals surface area contributed by atoms with Crippen molar-refractivity contribution in [1.82, 2.24) is 9.29 Å². The number of carbonyl (C=O) groups is 1. The Labute approximate surface area is 182 Å². The van der Waals surface area contributed by atoms with Gasteiger partial charge in [-0.1, -0.05) is 18.6 Å². The lowest BCUT2D eigenvalue weighted by molar-refractivity contribution is -0.115. The molecule has 1 aliphatic rings. The first kappa shape index (κ1) is 21.4. The smallest absolute Gasteiger partial charge is 0.243 e. The highest BCUT2D eigenvalue weighted by atomic mass is 32.2. The van der Waals surface area contributed by atoms with Gasteiger partial charge in [-0.3, -0.25) is 4.79 Å². The van der Waals surface area contributed by atoms with Crippen molar-refractivity contribution in [2.75, 3.05) is 25.5 Å². The minimum atomic E-state index is -3.61. The predicted octanol–water partition coefficient (Wildman–Crippen LogP) is 3.84. The van der Waals surface area contributed by atoms with Gasteiger partial charge in [0.2, 0.25) is 15.9 Å². The van der Waals surface area contributed by atoms with E-state index in [1.165, 1.54) is 23.5 Å². The van der Waals surface area contributed by atoms with E-state index >= 15 is 0 Å². The summed E-state index contributed by atoms with van der Waals surface area (Å²) in [7, 11) is -2.12. The summed E-state index contributed by atoms with van der Waals surface area (Å²) < 4.78 is 32.9. The molecule has 4 rings (SSSR count). The van der Waals surface area contributed by atoms with E-state index in [2.05, 4.69) is 10.3 Å². The van der Waals surface area contributed by atoms with Crippen LogP contribution >= 0.6 is 0 Å². The monoisotopic (exact) mass is 441 g/mol. The Hall–Kier alpha value is -2.84. The van der Waals surface area contributed by atoms with Gasteiger partial charge in [0, 0.05) is 30.2 Å². The largest absolute Gasteiger partial charge is 0.495 e. The number of nitrogens with zero attached hydrogens (tertiary/aromatic N) is 1. The zero-order chi connectivity index (χ0) is 22.0. The second-order valence-corrected chi connectivity index (χ2v) is 9.80. The highest BCUT2D eigenvalue weighted by Crippen LogP contribution is 2.30. The summed E-state index contributed by atoms with van der Waals surface area (Å²) in [6.45, 7) is 3.06. The zero-order valence-corrected chi connectivity index (χ0v) is 18.6. The standard InChI is InChI=1S/C23H27N3O4S/c1-16-7-6-8-19-23(16)17(15-24-19)13-22(27)25-20-14-18(9-10-21(20)30-2)31(28,29)26-11-4-3-5-12-26/h6-10,14-15,24H,3-5,11-13H2,1-2H3,(H,25,27). The van der Waals surface area contributed by atoms with Crippen molar-refractivity contribution in [3.63, 3.8) is 0 Å². The third kappa shape index (κ3) is 4.31. The molecule has 0 aliphatic carbocycles. The fraction of sp³-hybridized carbons (Fsp3) is 0.348. The molecule has 0 spiro atoms. The number of carbonyl (C=O) groups excluding carboxylic acids is 1. The third-order valence-electron chi connectivity index (χ3n) is 5.74. The van der Waals surface area contributed by atoms with Crippen LogP contribution in [0.15, 0.2) is 47.5 Å². The lowest BCUT2D eigenvalue weighted by atomic mass is 10.1. The summed E-state index contributed by atoms with van der Waals surface area (Å²) in [5.74, 6) is 0.177. The van der Waals surface area contributed by atoms with E-state index in [9.17, 15) is 13.2 Å². The van der Waals surface area contributed by atoms with Crippen LogP contribution in [0.1, 0.15) is 30.4 Å². The molecule has 164 valence electrons. The van der Waals surface area contributed by atoms with Crippen molar-refractivity contribution in [1.29, 1.82) is 0 Å². The number of aromatic nitrogens is 1. The van der Waals surface area contributed by atoms with Gasteiger partial charge in [-0.25, -0.2) is 8.42 Å². The van der Waals surface area contributed by atoms with Gasteiger partial charge in [-0.15, -0.1) is 0 Å². The predicted molar refractivity (Wildman–Crippen MR) is 121 cm³/mol. The van der Waals surface area contributed by atoms with Gasteiger partial charge >= 0.3 is 0 Å². The molecule has 31 heavy (non-hydrogen) atoms. The first-order valence-electron chi connectivity index (χ1n) is 10.4.